The Labute approximate surface area is 164 Å². The van der Waals surface area contributed by atoms with Gasteiger partial charge in [-0.05, 0) is 38.5 Å². The number of benzene rings is 1. The van der Waals surface area contributed by atoms with Crippen LogP contribution in [0.3, 0.4) is 0 Å². The number of hydrogen-bond acceptors (Lipinski definition) is 4. The van der Waals surface area contributed by atoms with Gasteiger partial charge >= 0.3 is 0 Å². The molecule has 0 spiro atoms. The number of carbonyl (C=O) groups excluding carboxylic acids is 1. The van der Waals surface area contributed by atoms with E-state index in [-0.39, 0.29) is 36.1 Å². The van der Waals surface area contributed by atoms with Gasteiger partial charge in [0.25, 0.3) is 0 Å². The number of amides is 1. The summed E-state index contributed by atoms with van der Waals surface area (Å²) in [5, 5.41) is 4.31. The van der Waals surface area contributed by atoms with E-state index in [0.29, 0.717) is 31.0 Å². The van der Waals surface area contributed by atoms with E-state index in [2.05, 4.69) is 5.10 Å². The molecule has 0 unspecified atom stereocenters. The van der Waals surface area contributed by atoms with Gasteiger partial charge in [0.15, 0.2) is 0 Å². The average Bonchev–Trinajstić information content (AvgIpc) is 2.97. The van der Waals surface area contributed by atoms with Crippen molar-refractivity contribution in [1.82, 2.24) is 19.0 Å². The summed E-state index contributed by atoms with van der Waals surface area (Å²) < 4.78 is 42.3. The second kappa shape index (κ2) is 8.00. The van der Waals surface area contributed by atoms with Crippen LogP contribution in [0.15, 0.2) is 29.2 Å². The van der Waals surface area contributed by atoms with Gasteiger partial charge in [0, 0.05) is 32.7 Å². The van der Waals surface area contributed by atoms with E-state index in [9.17, 15) is 17.6 Å². The van der Waals surface area contributed by atoms with Gasteiger partial charge in [-0.1, -0.05) is 12.1 Å². The van der Waals surface area contributed by atoms with Crippen molar-refractivity contribution >= 4 is 15.9 Å². The normalized spacial score (nSPS) is 15.8. The summed E-state index contributed by atoms with van der Waals surface area (Å²) >= 11 is 0. The molecule has 1 saturated heterocycles. The van der Waals surface area contributed by atoms with Gasteiger partial charge in [0.2, 0.25) is 15.9 Å². The lowest BCUT2D eigenvalue weighted by molar-refractivity contribution is -0.131. The summed E-state index contributed by atoms with van der Waals surface area (Å²) in [5.41, 5.74) is 1.86. The highest BCUT2D eigenvalue weighted by molar-refractivity contribution is 7.89. The van der Waals surface area contributed by atoms with Crippen LogP contribution in [0, 0.1) is 19.7 Å². The highest BCUT2D eigenvalue weighted by atomic mass is 32.2. The van der Waals surface area contributed by atoms with E-state index in [1.54, 1.807) is 35.6 Å². The zero-order valence-electron chi connectivity index (χ0n) is 16.4. The molecule has 1 aromatic heterocycles. The summed E-state index contributed by atoms with van der Waals surface area (Å²) in [6.07, 6.45) is 0.175. The summed E-state index contributed by atoms with van der Waals surface area (Å²) in [5.74, 6) is -0.429. The third-order valence-electron chi connectivity index (χ3n) is 5.07. The Morgan fingerprint density at radius 3 is 2.25 bits per heavy atom. The molecule has 2 aromatic rings. The molecule has 7 nitrogen and oxygen atoms in total. The van der Waals surface area contributed by atoms with E-state index in [4.69, 9.17) is 0 Å². The summed E-state index contributed by atoms with van der Waals surface area (Å²) in [6.45, 7) is 7.14. The van der Waals surface area contributed by atoms with Crippen molar-refractivity contribution in [2.45, 2.75) is 38.6 Å². The maximum atomic E-state index is 13.1. The van der Waals surface area contributed by atoms with Crippen LogP contribution in [0.25, 0.3) is 0 Å². The van der Waals surface area contributed by atoms with Gasteiger partial charge < -0.3 is 4.90 Å². The summed E-state index contributed by atoms with van der Waals surface area (Å²) in [7, 11) is -3.66. The van der Waals surface area contributed by atoms with Crippen molar-refractivity contribution in [3.63, 3.8) is 0 Å². The molecule has 1 aromatic carbocycles. The van der Waals surface area contributed by atoms with E-state index in [1.807, 2.05) is 6.92 Å². The predicted octanol–water partition coefficient (Wildman–Crippen LogP) is 1.73. The minimum absolute atomic E-state index is 0.0881. The number of piperazine rings is 1. The fraction of sp³-hybridized carbons (Fsp3) is 0.474. The van der Waals surface area contributed by atoms with Crippen LogP contribution in [-0.4, -0.2) is 59.5 Å². The minimum Gasteiger partial charge on any atom is -0.340 e. The van der Waals surface area contributed by atoms with Crippen molar-refractivity contribution < 1.29 is 17.6 Å². The highest BCUT2D eigenvalue weighted by Crippen LogP contribution is 2.24. The van der Waals surface area contributed by atoms with Crippen molar-refractivity contribution in [3.8, 4) is 0 Å². The van der Waals surface area contributed by atoms with Crippen LogP contribution in [0.4, 0.5) is 4.39 Å². The van der Waals surface area contributed by atoms with E-state index in [1.165, 1.54) is 16.4 Å². The Kier molecular flexibility index (Phi) is 5.85. The minimum atomic E-state index is -3.66. The van der Waals surface area contributed by atoms with Gasteiger partial charge in [-0.15, -0.1) is 0 Å². The van der Waals surface area contributed by atoms with E-state index < -0.39 is 10.0 Å². The Bertz CT molecular complexity index is 962. The maximum absolute atomic E-state index is 13.1. The summed E-state index contributed by atoms with van der Waals surface area (Å²) in [4.78, 5) is 14.4. The molecule has 1 fully saturated rings. The first kappa shape index (κ1) is 20.5. The lowest BCUT2D eigenvalue weighted by Gasteiger charge is -2.34. The van der Waals surface area contributed by atoms with Crippen LogP contribution in [0.1, 0.15) is 23.9 Å². The molecule has 1 aliphatic heterocycles. The number of halogens is 1. The number of carbonyl (C=O) groups is 1. The molecular formula is C19H25FN4O3S. The van der Waals surface area contributed by atoms with Crippen molar-refractivity contribution in [3.05, 3.63) is 47.0 Å². The van der Waals surface area contributed by atoms with Crippen molar-refractivity contribution in [1.29, 1.82) is 0 Å². The lowest BCUT2D eigenvalue weighted by Crippen LogP contribution is -2.51. The highest BCUT2D eigenvalue weighted by Gasteiger charge is 2.34. The Morgan fingerprint density at radius 2 is 1.71 bits per heavy atom. The third-order valence-corrected chi connectivity index (χ3v) is 7.22. The Morgan fingerprint density at radius 1 is 1.11 bits per heavy atom. The second-order valence-electron chi connectivity index (χ2n) is 6.90. The number of aryl methyl sites for hydroxylation is 2. The summed E-state index contributed by atoms with van der Waals surface area (Å²) in [6, 6.07) is 5.83. The first-order chi connectivity index (χ1) is 13.2. The van der Waals surface area contributed by atoms with Crippen LogP contribution < -0.4 is 0 Å². The van der Waals surface area contributed by atoms with Gasteiger partial charge in [-0.3, -0.25) is 9.48 Å². The number of rotatable bonds is 5. The van der Waals surface area contributed by atoms with Crippen molar-refractivity contribution in [2.75, 3.05) is 26.2 Å². The molecule has 0 saturated carbocycles. The standard InChI is InChI=1S/C19H25FN4O3S/c1-4-24-15(3)19(14(2)21-24)28(26,27)23-11-9-22(10-12-23)18(25)13-16-5-7-17(20)8-6-16/h5-8H,4,9-13H2,1-3H3. The first-order valence-corrected chi connectivity index (χ1v) is 10.7. The molecule has 0 aliphatic carbocycles. The largest absolute Gasteiger partial charge is 0.340 e. The Hall–Kier alpha value is -2.26. The average molecular weight is 408 g/mol. The number of hydrogen-bond donors (Lipinski definition) is 0. The molecule has 0 atom stereocenters. The number of nitrogens with zero attached hydrogens (tertiary/aromatic N) is 4. The Balaban J connectivity index is 1.67. The molecule has 9 heteroatoms. The molecule has 1 amide bonds. The van der Waals surface area contributed by atoms with Gasteiger partial charge in [-0.25, -0.2) is 12.8 Å². The fourth-order valence-electron chi connectivity index (χ4n) is 3.56. The van der Waals surface area contributed by atoms with Gasteiger partial charge in [-0.2, -0.15) is 9.40 Å². The lowest BCUT2D eigenvalue weighted by atomic mass is 10.1. The third kappa shape index (κ3) is 3.95. The molecule has 0 bridgehead atoms. The molecule has 1 aliphatic rings. The molecule has 2 heterocycles. The molecular weight excluding hydrogens is 383 g/mol. The van der Waals surface area contributed by atoms with Crippen LogP contribution in [0.2, 0.25) is 0 Å². The monoisotopic (exact) mass is 408 g/mol. The molecule has 28 heavy (non-hydrogen) atoms. The van der Waals surface area contributed by atoms with Crippen LogP contribution in [-0.2, 0) is 27.8 Å². The van der Waals surface area contributed by atoms with E-state index in [0.717, 1.165) is 5.56 Å². The van der Waals surface area contributed by atoms with Crippen LogP contribution in [0.5, 0.6) is 0 Å². The van der Waals surface area contributed by atoms with Crippen molar-refractivity contribution in [2.24, 2.45) is 0 Å². The number of aromatic nitrogens is 2. The molecule has 152 valence electrons. The van der Waals surface area contributed by atoms with E-state index >= 15 is 0 Å². The second-order valence-corrected chi connectivity index (χ2v) is 8.78. The van der Waals surface area contributed by atoms with Gasteiger partial charge in [0.1, 0.15) is 10.7 Å². The quantitative estimate of drug-likeness (QED) is 0.755. The molecule has 0 N–H and O–H groups in total. The molecule has 3 rings (SSSR count). The number of sulfonamides is 1. The zero-order chi connectivity index (χ0) is 20.5. The zero-order valence-corrected chi connectivity index (χ0v) is 17.2. The first-order valence-electron chi connectivity index (χ1n) is 9.30. The predicted molar refractivity (Wildman–Crippen MR) is 103 cm³/mol. The fourth-order valence-corrected chi connectivity index (χ4v) is 5.35. The SMILES string of the molecule is CCn1nc(C)c(S(=O)(=O)N2CCN(C(=O)Cc3ccc(F)cc3)CC2)c1C. The van der Waals surface area contributed by atoms with Gasteiger partial charge in [0.05, 0.1) is 17.8 Å². The smallest absolute Gasteiger partial charge is 0.246 e. The topological polar surface area (TPSA) is 75.5 Å². The molecule has 0 radical (unpaired) electrons. The van der Waals surface area contributed by atoms with Crippen LogP contribution >= 0.6 is 0 Å². The maximum Gasteiger partial charge on any atom is 0.246 e.